The van der Waals surface area contributed by atoms with E-state index < -0.39 is 0 Å². The minimum Gasteiger partial charge on any atom is -0.309 e. The molecule has 0 aliphatic carbocycles. The maximum atomic E-state index is 4.57. The SMILES string of the molecule is CCCNC(C)c1cnc(-c2ccc(Br)cc2C)s1. The standard InChI is InChI=1S/C15H19BrN2S/c1-4-7-17-11(3)14-9-18-15(19-14)13-6-5-12(16)8-10(13)2/h5-6,8-9,11,17H,4,7H2,1-3H3. The summed E-state index contributed by atoms with van der Waals surface area (Å²) in [5.41, 5.74) is 2.48. The Bertz CT molecular complexity index is 551. The molecule has 0 radical (unpaired) electrons. The van der Waals surface area contributed by atoms with Crippen LogP contribution in [0, 0.1) is 6.92 Å². The van der Waals surface area contributed by atoms with E-state index in [1.54, 1.807) is 11.3 Å². The fourth-order valence-electron chi connectivity index (χ4n) is 1.94. The van der Waals surface area contributed by atoms with Gasteiger partial charge in [-0.25, -0.2) is 4.98 Å². The van der Waals surface area contributed by atoms with Crippen LogP contribution < -0.4 is 5.32 Å². The van der Waals surface area contributed by atoms with Crippen molar-refractivity contribution in [3.63, 3.8) is 0 Å². The summed E-state index contributed by atoms with van der Waals surface area (Å²) in [4.78, 5) is 5.87. The molecule has 1 heterocycles. The van der Waals surface area contributed by atoms with Crippen molar-refractivity contribution in [1.82, 2.24) is 10.3 Å². The smallest absolute Gasteiger partial charge is 0.123 e. The number of aryl methyl sites for hydroxylation is 1. The number of benzene rings is 1. The first-order chi connectivity index (χ1) is 9.11. The Balaban J connectivity index is 2.20. The highest BCUT2D eigenvalue weighted by Crippen LogP contribution is 2.31. The average Bonchev–Trinajstić information content (AvgIpc) is 2.85. The van der Waals surface area contributed by atoms with Crippen LogP contribution in [-0.4, -0.2) is 11.5 Å². The molecule has 102 valence electrons. The zero-order valence-corrected chi connectivity index (χ0v) is 13.9. The lowest BCUT2D eigenvalue weighted by Gasteiger charge is -2.09. The molecule has 2 nitrogen and oxygen atoms in total. The second-order valence-electron chi connectivity index (χ2n) is 4.70. The molecule has 0 saturated heterocycles. The molecule has 0 aliphatic rings. The summed E-state index contributed by atoms with van der Waals surface area (Å²) in [7, 11) is 0. The molecule has 0 spiro atoms. The topological polar surface area (TPSA) is 24.9 Å². The Labute approximate surface area is 127 Å². The molecule has 1 aromatic carbocycles. The molecule has 0 saturated carbocycles. The van der Waals surface area contributed by atoms with E-state index in [1.165, 1.54) is 16.0 Å². The third-order valence-electron chi connectivity index (χ3n) is 3.07. The quantitative estimate of drug-likeness (QED) is 0.834. The van der Waals surface area contributed by atoms with Crippen LogP contribution in [0.25, 0.3) is 10.6 Å². The van der Waals surface area contributed by atoms with Crippen molar-refractivity contribution in [3.8, 4) is 10.6 Å². The van der Waals surface area contributed by atoms with Gasteiger partial charge in [0.05, 0.1) is 0 Å². The summed E-state index contributed by atoms with van der Waals surface area (Å²) in [5, 5.41) is 4.60. The van der Waals surface area contributed by atoms with Crippen LogP contribution >= 0.6 is 27.3 Å². The van der Waals surface area contributed by atoms with Gasteiger partial charge in [-0.15, -0.1) is 11.3 Å². The van der Waals surface area contributed by atoms with Crippen LogP contribution in [0.4, 0.5) is 0 Å². The molecule has 0 fully saturated rings. The van der Waals surface area contributed by atoms with Gasteiger partial charge in [0, 0.05) is 27.2 Å². The van der Waals surface area contributed by atoms with Gasteiger partial charge >= 0.3 is 0 Å². The third kappa shape index (κ3) is 3.65. The fourth-order valence-corrected chi connectivity index (χ4v) is 3.45. The molecule has 0 amide bonds. The molecular weight excluding hydrogens is 320 g/mol. The van der Waals surface area contributed by atoms with Crippen molar-refractivity contribution in [2.45, 2.75) is 33.2 Å². The van der Waals surface area contributed by atoms with E-state index in [2.05, 4.69) is 65.2 Å². The van der Waals surface area contributed by atoms with E-state index in [0.717, 1.165) is 22.4 Å². The fraction of sp³-hybridized carbons (Fsp3) is 0.400. The van der Waals surface area contributed by atoms with Gasteiger partial charge in [-0.05, 0) is 44.5 Å². The summed E-state index contributed by atoms with van der Waals surface area (Å²) >= 11 is 5.27. The Morgan fingerprint density at radius 2 is 2.21 bits per heavy atom. The molecule has 4 heteroatoms. The van der Waals surface area contributed by atoms with Crippen LogP contribution in [0.1, 0.15) is 36.8 Å². The highest BCUT2D eigenvalue weighted by molar-refractivity contribution is 9.10. The van der Waals surface area contributed by atoms with Gasteiger partial charge in [-0.2, -0.15) is 0 Å². The van der Waals surface area contributed by atoms with Crippen LogP contribution in [0.3, 0.4) is 0 Å². The van der Waals surface area contributed by atoms with Crippen LogP contribution in [0.2, 0.25) is 0 Å². The number of halogens is 1. The predicted octanol–water partition coefficient (Wildman–Crippen LogP) is 4.94. The van der Waals surface area contributed by atoms with Crippen molar-refractivity contribution in [3.05, 3.63) is 39.3 Å². The lowest BCUT2D eigenvalue weighted by molar-refractivity contribution is 0.577. The van der Waals surface area contributed by atoms with Crippen LogP contribution in [0.5, 0.6) is 0 Å². The van der Waals surface area contributed by atoms with Crippen LogP contribution in [0.15, 0.2) is 28.9 Å². The largest absolute Gasteiger partial charge is 0.309 e. The molecule has 0 bridgehead atoms. The van der Waals surface area contributed by atoms with Crippen molar-refractivity contribution in [1.29, 1.82) is 0 Å². The normalized spacial score (nSPS) is 12.6. The van der Waals surface area contributed by atoms with Gasteiger partial charge < -0.3 is 5.32 Å². The minimum absolute atomic E-state index is 0.377. The Morgan fingerprint density at radius 1 is 1.42 bits per heavy atom. The maximum absolute atomic E-state index is 4.57. The number of hydrogen-bond donors (Lipinski definition) is 1. The zero-order valence-electron chi connectivity index (χ0n) is 11.5. The Kier molecular flexibility index (Phi) is 5.13. The third-order valence-corrected chi connectivity index (χ3v) is 4.78. The second-order valence-corrected chi connectivity index (χ2v) is 6.68. The summed E-state index contributed by atoms with van der Waals surface area (Å²) in [6.07, 6.45) is 3.15. The van der Waals surface area contributed by atoms with Gasteiger partial charge in [0.1, 0.15) is 5.01 Å². The highest BCUT2D eigenvalue weighted by atomic mass is 79.9. The van der Waals surface area contributed by atoms with Crippen molar-refractivity contribution < 1.29 is 0 Å². The van der Waals surface area contributed by atoms with Crippen molar-refractivity contribution in [2.24, 2.45) is 0 Å². The predicted molar refractivity (Wildman–Crippen MR) is 86.7 cm³/mol. The molecular formula is C15H19BrN2S. The first-order valence-corrected chi connectivity index (χ1v) is 8.18. The van der Waals surface area contributed by atoms with E-state index in [0.29, 0.717) is 6.04 Å². The molecule has 2 rings (SSSR count). The Morgan fingerprint density at radius 3 is 2.89 bits per heavy atom. The number of hydrogen-bond acceptors (Lipinski definition) is 3. The van der Waals surface area contributed by atoms with Gasteiger partial charge in [0.15, 0.2) is 0 Å². The van der Waals surface area contributed by atoms with Gasteiger partial charge in [0.25, 0.3) is 0 Å². The summed E-state index contributed by atoms with van der Waals surface area (Å²) in [6, 6.07) is 6.71. The molecule has 1 N–H and O–H groups in total. The molecule has 1 atom stereocenters. The first-order valence-electron chi connectivity index (χ1n) is 6.57. The molecule has 0 aliphatic heterocycles. The minimum atomic E-state index is 0.377. The first kappa shape index (κ1) is 14.7. The number of nitrogens with one attached hydrogen (secondary N) is 1. The van der Waals surface area contributed by atoms with Crippen LogP contribution in [-0.2, 0) is 0 Å². The van der Waals surface area contributed by atoms with E-state index in [1.807, 2.05) is 6.20 Å². The summed E-state index contributed by atoms with van der Waals surface area (Å²) < 4.78 is 1.11. The van der Waals surface area contributed by atoms with E-state index in [-0.39, 0.29) is 0 Å². The molecule has 2 aromatic rings. The zero-order chi connectivity index (χ0) is 13.8. The average molecular weight is 339 g/mol. The van der Waals surface area contributed by atoms with Gasteiger partial charge in [0.2, 0.25) is 0 Å². The van der Waals surface area contributed by atoms with E-state index in [4.69, 9.17) is 0 Å². The number of rotatable bonds is 5. The lowest BCUT2D eigenvalue weighted by Crippen LogP contribution is -2.18. The lowest BCUT2D eigenvalue weighted by atomic mass is 10.1. The summed E-state index contributed by atoms with van der Waals surface area (Å²) in [6.45, 7) is 7.55. The second kappa shape index (κ2) is 6.64. The maximum Gasteiger partial charge on any atom is 0.123 e. The van der Waals surface area contributed by atoms with Gasteiger partial charge in [-0.1, -0.05) is 28.9 Å². The van der Waals surface area contributed by atoms with E-state index in [9.17, 15) is 0 Å². The highest BCUT2D eigenvalue weighted by Gasteiger charge is 2.11. The van der Waals surface area contributed by atoms with Crippen molar-refractivity contribution in [2.75, 3.05) is 6.54 Å². The Hall–Kier alpha value is -0.710. The monoisotopic (exact) mass is 338 g/mol. The number of nitrogens with zero attached hydrogens (tertiary/aromatic N) is 1. The van der Waals surface area contributed by atoms with Gasteiger partial charge in [-0.3, -0.25) is 0 Å². The number of aromatic nitrogens is 1. The molecule has 1 aromatic heterocycles. The molecule has 19 heavy (non-hydrogen) atoms. The van der Waals surface area contributed by atoms with E-state index >= 15 is 0 Å². The summed E-state index contributed by atoms with van der Waals surface area (Å²) in [5.74, 6) is 0. The number of thiazole rings is 1. The van der Waals surface area contributed by atoms with Crippen molar-refractivity contribution >= 4 is 27.3 Å². The molecule has 1 unspecified atom stereocenters.